The predicted octanol–water partition coefficient (Wildman–Crippen LogP) is 1.42. The number of methoxy groups -OCH3 is 1. The summed E-state index contributed by atoms with van der Waals surface area (Å²) in [6.45, 7) is 4.98. The second kappa shape index (κ2) is 6.20. The molecule has 0 aliphatic heterocycles. The summed E-state index contributed by atoms with van der Waals surface area (Å²) in [6.07, 6.45) is 6.59. The summed E-state index contributed by atoms with van der Waals surface area (Å²) in [5.41, 5.74) is 0. The first-order valence-corrected chi connectivity index (χ1v) is 6.72. The molecule has 0 aromatic carbocycles. The molecule has 5 nitrogen and oxygen atoms in total. The summed E-state index contributed by atoms with van der Waals surface area (Å²) in [4.78, 5) is 6.63. The van der Waals surface area contributed by atoms with E-state index in [4.69, 9.17) is 4.74 Å². The Morgan fingerprint density at radius 3 is 3.00 bits per heavy atom. The van der Waals surface area contributed by atoms with E-state index in [-0.39, 0.29) is 6.10 Å². The number of nitrogens with zero attached hydrogens (tertiary/aromatic N) is 3. The molecule has 0 amide bonds. The normalized spacial score (nSPS) is 17.1. The summed E-state index contributed by atoms with van der Waals surface area (Å²) >= 11 is 0. The molecule has 0 bridgehead atoms. The van der Waals surface area contributed by atoms with E-state index in [2.05, 4.69) is 33.7 Å². The molecule has 1 atom stereocenters. The van der Waals surface area contributed by atoms with Crippen LogP contribution in [-0.2, 0) is 11.3 Å². The zero-order valence-electron chi connectivity index (χ0n) is 11.6. The van der Waals surface area contributed by atoms with Gasteiger partial charge in [0.2, 0.25) is 5.95 Å². The highest BCUT2D eigenvalue weighted by Crippen LogP contribution is 2.23. The molecule has 1 aromatic heterocycles. The number of rotatable bonds is 8. The molecular formula is C13H24N4O. The van der Waals surface area contributed by atoms with E-state index in [9.17, 15) is 0 Å². The molecule has 1 unspecified atom stereocenters. The quantitative estimate of drug-likeness (QED) is 0.760. The van der Waals surface area contributed by atoms with E-state index in [0.29, 0.717) is 6.04 Å². The van der Waals surface area contributed by atoms with E-state index in [1.54, 1.807) is 7.11 Å². The minimum absolute atomic E-state index is 0.198. The zero-order chi connectivity index (χ0) is 13.0. The van der Waals surface area contributed by atoms with Crippen molar-refractivity contribution in [1.29, 1.82) is 0 Å². The van der Waals surface area contributed by atoms with Gasteiger partial charge < -0.3 is 19.5 Å². The van der Waals surface area contributed by atoms with Crippen molar-refractivity contribution in [2.75, 3.05) is 32.6 Å². The first-order valence-electron chi connectivity index (χ1n) is 6.72. The Morgan fingerprint density at radius 1 is 1.61 bits per heavy atom. The van der Waals surface area contributed by atoms with Crippen molar-refractivity contribution >= 4 is 5.95 Å². The van der Waals surface area contributed by atoms with Gasteiger partial charge in [-0.3, -0.25) is 0 Å². The number of hydrogen-bond acceptors (Lipinski definition) is 4. The van der Waals surface area contributed by atoms with Crippen LogP contribution < -0.4 is 5.32 Å². The van der Waals surface area contributed by atoms with E-state index in [1.165, 1.54) is 12.8 Å². The lowest BCUT2D eigenvalue weighted by molar-refractivity contribution is 0.0607. The summed E-state index contributed by atoms with van der Waals surface area (Å²) in [5, 5.41) is 3.44. The van der Waals surface area contributed by atoms with Crippen LogP contribution in [0.1, 0.15) is 19.8 Å². The zero-order valence-corrected chi connectivity index (χ0v) is 11.6. The predicted molar refractivity (Wildman–Crippen MR) is 72.8 cm³/mol. The summed E-state index contributed by atoms with van der Waals surface area (Å²) in [5.74, 6) is 0.971. The largest absolute Gasteiger partial charge is 0.378 e. The molecule has 18 heavy (non-hydrogen) atoms. The SMILES string of the molecule is CCN(C)CC(Cn1ccnc1NC1CC1)OC. The first kappa shape index (κ1) is 13.4. The third-order valence-electron chi connectivity index (χ3n) is 3.41. The Balaban J connectivity index is 1.91. The topological polar surface area (TPSA) is 42.3 Å². The van der Waals surface area contributed by atoms with E-state index < -0.39 is 0 Å². The summed E-state index contributed by atoms with van der Waals surface area (Å²) in [6, 6.07) is 0.630. The third-order valence-corrected chi connectivity index (χ3v) is 3.41. The average Bonchev–Trinajstić information content (AvgIpc) is 3.09. The van der Waals surface area contributed by atoms with Crippen LogP contribution in [-0.4, -0.2) is 53.8 Å². The van der Waals surface area contributed by atoms with E-state index in [0.717, 1.165) is 25.6 Å². The maximum atomic E-state index is 5.55. The van der Waals surface area contributed by atoms with Gasteiger partial charge in [0.25, 0.3) is 0 Å². The number of anilines is 1. The molecule has 0 spiro atoms. The van der Waals surface area contributed by atoms with E-state index >= 15 is 0 Å². The second-order valence-electron chi connectivity index (χ2n) is 5.03. The van der Waals surface area contributed by atoms with Crippen LogP contribution >= 0.6 is 0 Å². The van der Waals surface area contributed by atoms with Crippen molar-refractivity contribution in [1.82, 2.24) is 14.5 Å². The fourth-order valence-electron chi connectivity index (χ4n) is 1.91. The van der Waals surface area contributed by atoms with Crippen LogP contribution in [0, 0.1) is 0 Å². The number of hydrogen-bond donors (Lipinski definition) is 1. The Kier molecular flexibility index (Phi) is 4.60. The molecule has 1 aliphatic rings. The van der Waals surface area contributed by atoms with Crippen LogP contribution in [0.25, 0.3) is 0 Å². The van der Waals surface area contributed by atoms with Crippen molar-refractivity contribution in [2.45, 2.75) is 38.5 Å². The maximum Gasteiger partial charge on any atom is 0.203 e. The number of ether oxygens (including phenoxy) is 1. The lowest BCUT2D eigenvalue weighted by Crippen LogP contribution is -2.33. The second-order valence-corrected chi connectivity index (χ2v) is 5.03. The van der Waals surface area contributed by atoms with Gasteiger partial charge in [0.1, 0.15) is 0 Å². The maximum absolute atomic E-state index is 5.55. The highest BCUT2D eigenvalue weighted by molar-refractivity contribution is 5.29. The number of aromatic nitrogens is 2. The van der Waals surface area contributed by atoms with Crippen molar-refractivity contribution < 1.29 is 4.74 Å². The molecular weight excluding hydrogens is 228 g/mol. The van der Waals surface area contributed by atoms with Gasteiger partial charge in [-0.1, -0.05) is 6.92 Å². The van der Waals surface area contributed by atoms with E-state index in [1.807, 2.05) is 12.4 Å². The van der Waals surface area contributed by atoms with Crippen molar-refractivity contribution in [3.8, 4) is 0 Å². The van der Waals surface area contributed by atoms with Crippen LogP contribution in [0.15, 0.2) is 12.4 Å². The van der Waals surface area contributed by atoms with Crippen LogP contribution in [0.2, 0.25) is 0 Å². The van der Waals surface area contributed by atoms with Gasteiger partial charge in [-0.15, -0.1) is 0 Å². The van der Waals surface area contributed by atoms with Gasteiger partial charge >= 0.3 is 0 Å². The van der Waals surface area contributed by atoms with Crippen LogP contribution in [0.4, 0.5) is 5.95 Å². The standard InChI is InChI=1S/C13H24N4O/c1-4-16(2)9-12(18-3)10-17-8-7-14-13(17)15-11-5-6-11/h7-8,11-12H,4-6,9-10H2,1-3H3,(H,14,15). The lowest BCUT2D eigenvalue weighted by atomic mass is 10.3. The first-order chi connectivity index (χ1) is 8.72. The summed E-state index contributed by atoms with van der Waals surface area (Å²) in [7, 11) is 3.89. The Morgan fingerprint density at radius 2 is 2.39 bits per heavy atom. The van der Waals surface area contributed by atoms with Gasteiger partial charge in [-0.25, -0.2) is 4.98 Å². The summed E-state index contributed by atoms with van der Waals surface area (Å²) < 4.78 is 7.70. The molecule has 1 saturated carbocycles. The molecule has 0 saturated heterocycles. The molecule has 102 valence electrons. The fraction of sp³-hybridized carbons (Fsp3) is 0.769. The van der Waals surface area contributed by atoms with Crippen molar-refractivity contribution in [3.63, 3.8) is 0 Å². The third kappa shape index (κ3) is 3.71. The Bertz CT molecular complexity index is 362. The van der Waals surface area contributed by atoms with Crippen LogP contribution in [0.5, 0.6) is 0 Å². The Labute approximate surface area is 109 Å². The molecule has 0 radical (unpaired) electrons. The molecule has 1 fully saturated rings. The van der Waals surface area contributed by atoms with Gasteiger partial charge in [-0.2, -0.15) is 0 Å². The monoisotopic (exact) mass is 252 g/mol. The Hall–Kier alpha value is -1.07. The highest BCUT2D eigenvalue weighted by Gasteiger charge is 2.23. The van der Waals surface area contributed by atoms with Gasteiger partial charge in [0.05, 0.1) is 12.6 Å². The molecule has 5 heteroatoms. The van der Waals surface area contributed by atoms with Crippen molar-refractivity contribution in [2.24, 2.45) is 0 Å². The molecule has 1 heterocycles. The number of nitrogens with one attached hydrogen (secondary N) is 1. The van der Waals surface area contributed by atoms with Gasteiger partial charge in [0, 0.05) is 32.1 Å². The molecule has 1 N–H and O–H groups in total. The molecule has 2 rings (SSSR count). The number of likely N-dealkylation sites (N-methyl/N-ethyl adjacent to an activating group) is 1. The minimum atomic E-state index is 0.198. The highest BCUT2D eigenvalue weighted by atomic mass is 16.5. The fourth-order valence-corrected chi connectivity index (χ4v) is 1.91. The van der Waals surface area contributed by atoms with Gasteiger partial charge in [-0.05, 0) is 26.4 Å². The minimum Gasteiger partial charge on any atom is -0.378 e. The molecule has 1 aliphatic carbocycles. The smallest absolute Gasteiger partial charge is 0.203 e. The average molecular weight is 252 g/mol. The lowest BCUT2D eigenvalue weighted by Gasteiger charge is -2.23. The molecule has 1 aromatic rings. The number of imidazole rings is 1. The van der Waals surface area contributed by atoms with Gasteiger partial charge in [0.15, 0.2) is 0 Å². The van der Waals surface area contributed by atoms with Crippen LogP contribution in [0.3, 0.4) is 0 Å². The van der Waals surface area contributed by atoms with Crippen molar-refractivity contribution in [3.05, 3.63) is 12.4 Å².